The summed E-state index contributed by atoms with van der Waals surface area (Å²) in [5.74, 6) is -1.14. The molecule has 130 valence electrons. The third-order valence-corrected chi connectivity index (χ3v) is 3.20. The van der Waals surface area contributed by atoms with E-state index in [1.165, 1.54) is 0 Å². The van der Waals surface area contributed by atoms with Crippen molar-refractivity contribution in [2.45, 2.75) is 6.42 Å². The van der Waals surface area contributed by atoms with E-state index in [4.69, 9.17) is 23.2 Å². The van der Waals surface area contributed by atoms with Gasteiger partial charge in [-0.2, -0.15) is 0 Å². The van der Waals surface area contributed by atoms with Gasteiger partial charge in [-0.05, 0) is 23.8 Å². The number of carbonyl (C=O) groups excluding carboxylic acids is 1. The van der Waals surface area contributed by atoms with Gasteiger partial charge in [0.05, 0.1) is 15.7 Å². The van der Waals surface area contributed by atoms with Crippen LogP contribution in [0.3, 0.4) is 0 Å². The molecule has 0 spiro atoms. The van der Waals surface area contributed by atoms with Gasteiger partial charge in [0.15, 0.2) is 0 Å². The summed E-state index contributed by atoms with van der Waals surface area (Å²) in [7, 11) is 0. The fraction of sp³-hybridized carbons (Fsp3) is 0.0714. The number of benzene rings is 2. The second-order valence-electron chi connectivity index (χ2n) is 3.93. The van der Waals surface area contributed by atoms with Crippen molar-refractivity contribution in [3.8, 4) is 0 Å². The number of nitrogens with one attached hydrogen (secondary N) is 1. The molecule has 24 heavy (non-hydrogen) atoms. The first-order valence-electron chi connectivity index (χ1n) is 5.56. The maximum atomic E-state index is 10.7. The van der Waals surface area contributed by atoms with Crippen molar-refractivity contribution in [2.24, 2.45) is 0 Å². The maximum Gasteiger partial charge on any atom is 1.00 e. The predicted molar refractivity (Wildman–Crippen MR) is 89.4 cm³/mol. The molecule has 0 radical (unpaired) electrons. The van der Waals surface area contributed by atoms with Crippen molar-refractivity contribution in [3.63, 3.8) is 0 Å². The molecular formula is C14H18Cl2NNaO6. The van der Waals surface area contributed by atoms with E-state index in [-0.39, 0.29) is 57.9 Å². The fourth-order valence-electron chi connectivity index (χ4n) is 1.70. The summed E-state index contributed by atoms with van der Waals surface area (Å²) in [5, 5.41) is 14.7. The molecule has 0 fully saturated rings. The SMILES string of the molecule is O.O.O.O.O=C([O-])Cc1ccccc1Nc1c(Cl)cccc1Cl.[Na+]. The molecule has 0 aliphatic carbocycles. The average Bonchev–Trinajstić information content (AvgIpc) is 2.35. The van der Waals surface area contributed by atoms with E-state index in [9.17, 15) is 9.90 Å². The molecule has 0 aliphatic heterocycles. The molecule has 0 aromatic heterocycles. The topological polar surface area (TPSA) is 178 Å². The number of aliphatic carboxylic acids is 1. The van der Waals surface area contributed by atoms with E-state index in [1.54, 1.807) is 42.5 Å². The minimum atomic E-state index is -1.14. The Morgan fingerprint density at radius 1 is 0.917 bits per heavy atom. The molecule has 0 amide bonds. The molecule has 10 heteroatoms. The second-order valence-corrected chi connectivity index (χ2v) is 4.74. The summed E-state index contributed by atoms with van der Waals surface area (Å²) < 4.78 is 0. The van der Waals surface area contributed by atoms with Crippen molar-refractivity contribution in [3.05, 3.63) is 58.1 Å². The van der Waals surface area contributed by atoms with Crippen molar-refractivity contribution in [2.75, 3.05) is 5.32 Å². The van der Waals surface area contributed by atoms with E-state index >= 15 is 0 Å². The summed E-state index contributed by atoms with van der Waals surface area (Å²) in [6.07, 6.45) is -0.175. The van der Waals surface area contributed by atoms with E-state index < -0.39 is 5.97 Å². The Morgan fingerprint density at radius 3 is 1.92 bits per heavy atom. The normalized spacial score (nSPS) is 8.08. The molecule has 0 heterocycles. The number of anilines is 2. The first-order valence-corrected chi connectivity index (χ1v) is 6.32. The zero-order chi connectivity index (χ0) is 13.8. The number of para-hydroxylation sites is 2. The van der Waals surface area contributed by atoms with Crippen molar-refractivity contribution in [1.82, 2.24) is 0 Å². The number of halogens is 2. The minimum absolute atomic E-state index is 0. The molecule has 2 aromatic carbocycles. The van der Waals surface area contributed by atoms with Crippen LogP contribution in [0, 0.1) is 0 Å². The van der Waals surface area contributed by atoms with Crippen molar-refractivity contribution < 1.29 is 61.4 Å². The predicted octanol–water partition coefficient (Wildman–Crippen LogP) is -3.27. The Kier molecular flexibility index (Phi) is 18.7. The zero-order valence-electron chi connectivity index (χ0n) is 12.8. The standard InChI is InChI=1S/C14H11Cl2NO2.Na.4H2O/c15-10-5-3-6-11(16)14(10)17-12-7-2-1-4-9(12)8-13(18)19;;;;;/h1-7,17H,8H2,(H,18,19);;4*1H2/q;+1;;;;/p-1. The molecule has 2 aromatic rings. The number of hydrogen-bond acceptors (Lipinski definition) is 3. The molecular weight excluding hydrogens is 372 g/mol. The molecule has 0 atom stereocenters. The summed E-state index contributed by atoms with van der Waals surface area (Å²) in [6.45, 7) is 0. The van der Waals surface area contributed by atoms with Gasteiger partial charge < -0.3 is 37.1 Å². The summed E-state index contributed by atoms with van der Waals surface area (Å²) in [5.41, 5.74) is 1.80. The van der Waals surface area contributed by atoms with E-state index in [1.807, 2.05) is 0 Å². The first kappa shape index (κ1) is 31.0. The van der Waals surface area contributed by atoms with Gasteiger partial charge in [-0.25, -0.2) is 0 Å². The maximum absolute atomic E-state index is 10.7. The number of hydrogen-bond donors (Lipinski definition) is 1. The van der Waals surface area contributed by atoms with Gasteiger partial charge >= 0.3 is 29.6 Å². The van der Waals surface area contributed by atoms with Crippen LogP contribution in [0.1, 0.15) is 5.56 Å². The van der Waals surface area contributed by atoms with Crippen LogP contribution in [-0.2, 0) is 11.2 Å². The first-order chi connectivity index (χ1) is 9.08. The Hall–Kier alpha value is -0.870. The van der Waals surface area contributed by atoms with Crippen molar-refractivity contribution >= 4 is 40.5 Å². The molecule has 0 unspecified atom stereocenters. The van der Waals surface area contributed by atoms with Gasteiger partial charge in [-0.3, -0.25) is 0 Å². The number of carbonyl (C=O) groups is 1. The zero-order valence-corrected chi connectivity index (χ0v) is 16.3. The van der Waals surface area contributed by atoms with Crippen LogP contribution in [0.15, 0.2) is 42.5 Å². The molecule has 9 N–H and O–H groups in total. The number of carboxylic acid groups (broad SMARTS) is 1. The van der Waals surface area contributed by atoms with Crippen LogP contribution in [0.25, 0.3) is 0 Å². The quantitative estimate of drug-likeness (QED) is 0.540. The van der Waals surface area contributed by atoms with Crippen LogP contribution >= 0.6 is 23.2 Å². The van der Waals surface area contributed by atoms with Crippen LogP contribution in [0.4, 0.5) is 11.4 Å². The molecule has 0 aliphatic rings. The van der Waals surface area contributed by atoms with E-state index in [0.717, 1.165) is 0 Å². The van der Waals surface area contributed by atoms with Crippen LogP contribution < -0.4 is 40.0 Å². The molecule has 0 saturated heterocycles. The summed E-state index contributed by atoms with van der Waals surface area (Å²) in [4.78, 5) is 10.7. The molecule has 7 nitrogen and oxygen atoms in total. The minimum Gasteiger partial charge on any atom is -0.550 e. The van der Waals surface area contributed by atoms with Gasteiger partial charge in [0.1, 0.15) is 0 Å². The Morgan fingerprint density at radius 2 is 1.42 bits per heavy atom. The van der Waals surface area contributed by atoms with E-state index in [2.05, 4.69) is 5.32 Å². The fourth-order valence-corrected chi connectivity index (χ4v) is 2.20. The Labute approximate surface area is 171 Å². The second kappa shape index (κ2) is 14.5. The monoisotopic (exact) mass is 389 g/mol. The summed E-state index contributed by atoms with van der Waals surface area (Å²) >= 11 is 12.1. The molecule has 2 rings (SSSR count). The Bertz CT molecular complexity index is 610. The van der Waals surface area contributed by atoms with Gasteiger partial charge in [-0.1, -0.05) is 47.5 Å². The van der Waals surface area contributed by atoms with Gasteiger partial charge in [0.2, 0.25) is 0 Å². The van der Waals surface area contributed by atoms with Crippen LogP contribution in [0.5, 0.6) is 0 Å². The Balaban J connectivity index is -0.000000400. The number of rotatable bonds is 4. The average molecular weight is 390 g/mol. The molecule has 0 bridgehead atoms. The van der Waals surface area contributed by atoms with Gasteiger partial charge in [0, 0.05) is 18.1 Å². The smallest absolute Gasteiger partial charge is 0.550 e. The van der Waals surface area contributed by atoms with Gasteiger partial charge in [-0.15, -0.1) is 0 Å². The van der Waals surface area contributed by atoms with Crippen LogP contribution in [-0.4, -0.2) is 27.9 Å². The van der Waals surface area contributed by atoms with Crippen LogP contribution in [0.2, 0.25) is 10.0 Å². The van der Waals surface area contributed by atoms with E-state index in [0.29, 0.717) is 27.0 Å². The largest absolute Gasteiger partial charge is 1.00 e. The third kappa shape index (κ3) is 8.29. The summed E-state index contributed by atoms with van der Waals surface area (Å²) in [6, 6.07) is 12.2. The van der Waals surface area contributed by atoms with Crippen molar-refractivity contribution in [1.29, 1.82) is 0 Å². The number of carboxylic acids is 1. The molecule has 0 saturated carbocycles. The third-order valence-electron chi connectivity index (χ3n) is 2.57. The van der Waals surface area contributed by atoms with Gasteiger partial charge in [0.25, 0.3) is 0 Å².